The van der Waals surface area contributed by atoms with Crippen molar-refractivity contribution < 1.29 is 9.18 Å². The molecule has 2 aliphatic heterocycles. The minimum atomic E-state index is -0.386. The Bertz CT molecular complexity index is 784. The summed E-state index contributed by atoms with van der Waals surface area (Å²) in [5, 5.41) is 8.69. The number of amides is 1. The largest absolute Gasteiger partial charge is 0.333 e. The van der Waals surface area contributed by atoms with Gasteiger partial charge in [0.2, 0.25) is 0 Å². The molecule has 26 heavy (non-hydrogen) atoms. The Morgan fingerprint density at radius 2 is 1.92 bits per heavy atom. The van der Waals surface area contributed by atoms with Crippen LogP contribution in [0.3, 0.4) is 0 Å². The number of hydrogen-bond donors (Lipinski definition) is 0. The number of carbonyl (C=O) groups is 1. The maximum absolute atomic E-state index is 13.5. The fraction of sp³-hybridized carbons (Fsp3) is 0.526. The Morgan fingerprint density at radius 3 is 2.73 bits per heavy atom. The first kappa shape index (κ1) is 17.1. The highest BCUT2D eigenvalue weighted by Gasteiger charge is 2.25. The Labute approximate surface area is 152 Å². The normalized spacial score (nSPS) is 18.4. The lowest BCUT2D eigenvalue weighted by Crippen LogP contribution is -2.32. The van der Waals surface area contributed by atoms with E-state index in [9.17, 15) is 9.18 Å². The van der Waals surface area contributed by atoms with Crippen LogP contribution in [0.4, 0.5) is 4.39 Å². The first-order valence-corrected chi connectivity index (χ1v) is 9.39. The van der Waals surface area contributed by atoms with Crippen LogP contribution in [0.15, 0.2) is 24.3 Å². The predicted molar refractivity (Wildman–Crippen MR) is 94.9 cm³/mol. The number of nitrogens with zero attached hydrogens (tertiary/aromatic N) is 5. The molecule has 6 nitrogen and oxygen atoms in total. The standard InChI is InChI=1S/C19H24FN5O/c20-16-7-4-6-15(12-16)19(26)24-10-5-11-25-18(14-24)17(21-22-25)13-23-8-2-1-3-9-23/h4,6-7,12H,1-3,5,8-11,13-14H2. The number of benzene rings is 1. The first-order chi connectivity index (χ1) is 12.7. The van der Waals surface area contributed by atoms with Gasteiger partial charge in [0.05, 0.1) is 12.2 Å². The van der Waals surface area contributed by atoms with Crippen LogP contribution in [0, 0.1) is 5.82 Å². The molecular weight excluding hydrogens is 333 g/mol. The molecule has 1 amide bonds. The number of likely N-dealkylation sites (tertiary alicyclic amines) is 1. The van der Waals surface area contributed by atoms with Crippen molar-refractivity contribution in [1.29, 1.82) is 0 Å². The van der Waals surface area contributed by atoms with Gasteiger partial charge in [0.15, 0.2) is 0 Å². The smallest absolute Gasteiger partial charge is 0.254 e. The van der Waals surface area contributed by atoms with Crippen molar-refractivity contribution >= 4 is 5.91 Å². The van der Waals surface area contributed by atoms with Crippen LogP contribution in [0.5, 0.6) is 0 Å². The van der Waals surface area contributed by atoms with Gasteiger partial charge in [-0.2, -0.15) is 0 Å². The van der Waals surface area contributed by atoms with E-state index in [4.69, 9.17) is 0 Å². The summed E-state index contributed by atoms with van der Waals surface area (Å²) in [5.74, 6) is -0.522. The third kappa shape index (κ3) is 3.62. The van der Waals surface area contributed by atoms with Crippen molar-refractivity contribution in [3.05, 3.63) is 47.0 Å². The quantitative estimate of drug-likeness (QED) is 0.847. The molecule has 1 fully saturated rings. The second kappa shape index (κ2) is 7.53. The molecule has 2 aromatic rings. The van der Waals surface area contributed by atoms with E-state index in [2.05, 4.69) is 15.2 Å². The molecule has 0 atom stereocenters. The molecule has 0 radical (unpaired) electrons. The van der Waals surface area contributed by atoms with E-state index in [0.29, 0.717) is 18.7 Å². The minimum Gasteiger partial charge on any atom is -0.333 e. The van der Waals surface area contributed by atoms with E-state index in [0.717, 1.165) is 44.0 Å². The van der Waals surface area contributed by atoms with Crippen molar-refractivity contribution in [3.8, 4) is 0 Å². The van der Waals surface area contributed by atoms with E-state index < -0.39 is 0 Å². The summed E-state index contributed by atoms with van der Waals surface area (Å²) in [6, 6.07) is 5.90. The monoisotopic (exact) mass is 357 g/mol. The highest BCUT2D eigenvalue weighted by atomic mass is 19.1. The number of fused-ring (bicyclic) bond motifs is 1. The van der Waals surface area contributed by atoms with Gasteiger partial charge in [0.25, 0.3) is 5.91 Å². The van der Waals surface area contributed by atoms with Crippen molar-refractivity contribution in [2.45, 2.75) is 45.3 Å². The lowest BCUT2D eigenvalue weighted by atomic mass is 10.1. The second-order valence-electron chi connectivity index (χ2n) is 7.13. The third-order valence-corrected chi connectivity index (χ3v) is 5.24. The van der Waals surface area contributed by atoms with Crippen LogP contribution in [0.1, 0.15) is 47.4 Å². The summed E-state index contributed by atoms with van der Waals surface area (Å²) in [4.78, 5) is 17.0. The molecule has 1 aromatic carbocycles. The van der Waals surface area contributed by atoms with Crippen LogP contribution >= 0.6 is 0 Å². The van der Waals surface area contributed by atoms with Crippen LogP contribution in [0.25, 0.3) is 0 Å². The summed E-state index contributed by atoms with van der Waals surface area (Å²) in [6.45, 7) is 4.86. The first-order valence-electron chi connectivity index (χ1n) is 9.39. The summed E-state index contributed by atoms with van der Waals surface area (Å²) in [5.41, 5.74) is 2.37. The molecule has 0 N–H and O–H groups in total. The maximum Gasteiger partial charge on any atom is 0.254 e. The number of carbonyl (C=O) groups excluding carboxylic acids is 1. The van der Waals surface area contributed by atoms with Gasteiger partial charge in [-0.15, -0.1) is 5.10 Å². The summed E-state index contributed by atoms with van der Waals surface area (Å²) < 4.78 is 15.4. The topological polar surface area (TPSA) is 54.3 Å². The number of piperidine rings is 1. The van der Waals surface area contributed by atoms with Crippen molar-refractivity contribution in [2.24, 2.45) is 0 Å². The zero-order valence-electron chi connectivity index (χ0n) is 14.9. The Balaban J connectivity index is 1.53. The number of hydrogen-bond acceptors (Lipinski definition) is 4. The van der Waals surface area contributed by atoms with Gasteiger partial charge in [-0.05, 0) is 50.6 Å². The SMILES string of the molecule is O=C(c1cccc(F)c1)N1CCCn2nnc(CN3CCCCC3)c2C1. The van der Waals surface area contributed by atoms with E-state index in [-0.39, 0.29) is 11.7 Å². The van der Waals surface area contributed by atoms with Crippen molar-refractivity contribution in [3.63, 3.8) is 0 Å². The van der Waals surface area contributed by atoms with Crippen molar-refractivity contribution in [2.75, 3.05) is 19.6 Å². The maximum atomic E-state index is 13.5. The zero-order chi connectivity index (χ0) is 17.9. The molecule has 0 bridgehead atoms. The number of rotatable bonds is 3. The zero-order valence-corrected chi connectivity index (χ0v) is 14.9. The van der Waals surface area contributed by atoms with Crippen LogP contribution in [-0.2, 0) is 19.6 Å². The Morgan fingerprint density at radius 1 is 1.08 bits per heavy atom. The summed E-state index contributed by atoms with van der Waals surface area (Å²) >= 11 is 0. The van der Waals surface area contributed by atoms with E-state index in [1.807, 2.05) is 4.68 Å². The number of halogens is 1. The minimum absolute atomic E-state index is 0.136. The van der Waals surface area contributed by atoms with Crippen LogP contribution in [0.2, 0.25) is 0 Å². The van der Waals surface area contributed by atoms with Gasteiger partial charge in [-0.3, -0.25) is 9.69 Å². The molecule has 0 aliphatic carbocycles. The third-order valence-electron chi connectivity index (χ3n) is 5.24. The van der Waals surface area contributed by atoms with Gasteiger partial charge in [-0.1, -0.05) is 17.7 Å². The lowest BCUT2D eigenvalue weighted by molar-refractivity contribution is 0.0744. The number of aromatic nitrogens is 3. The van der Waals surface area contributed by atoms with Gasteiger partial charge in [0.1, 0.15) is 11.5 Å². The molecule has 0 spiro atoms. The molecule has 138 valence electrons. The summed E-state index contributed by atoms with van der Waals surface area (Å²) in [7, 11) is 0. The Hall–Kier alpha value is -2.28. The van der Waals surface area contributed by atoms with E-state index in [1.54, 1.807) is 17.0 Å². The molecular formula is C19H24FN5O. The van der Waals surface area contributed by atoms with Crippen LogP contribution < -0.4 is 0 Å². The molecule has 3 heterocycles. The van der Waals surface area contributed by atoms with Gasteiger partial charge in [-0.25, -0.2) is 9.07 Å². The summed E-state index contributed by atoms with van der Waals surface area (Å²) in [6.07, 6.45) is 4.58. The highest BCUT2D eigenvalue weighted by Crippen LogP contribution is 2.20. The second-order valence-corrected chi connectivity index (χ2v) is 7.13. The lowest BCUT2D eigenvalue weighted by Gasteiger charge is -2.26. The van der Waals surface area contributed by atoms with E-state index in [1.165, 1.54) is 31.4 Å². The molecule has 0 unspecified atom stereocenters. The fourth-order valence-corrected chi connectivity index (χ4v) is 3.82. The van der Waals surface area contributed by atoms with Gasteiger partial charge >= 0.3 is 0 Å². The fourth-order valence-electron chi connectivity index (χ4n) is 3.82. The Kier molecular flexibility index (Phi) is 4.97. The molecule has 7 heteroatoms. The van der Waals surface area contributed by atoms with Gasteiger partial charge in [0, 0.05) is 25.2 Å². The predicted octanol–water partition coefficient (Wildman–Crippen LogP) is 2.45. The van der Waals surface area contributed by atoms with Crippen LogP contribution in [-0.4, -0.2) is 50.3 Å². The average molecular weight is 357 g/mol. The molecule has 1 saturated heterocycles. The highest BCUT2D eigenvalue weighted by molar-refractivity contribution is 5.94. The average Bonchev–Trinajstić information content (AvgIpc) is 2.89. The number of aryl methyl sites for hydroxylation is 1. The molecule has 1 aromatic heterocycles. The molecule has 0 saturated carbocycles. The molecule has 2 aliphatic rings. The van der Waals surface area contributed by atoms with Gasteiger partial charge < -0.3 is 4.90 Å². The molecule has 4 rings (SSSR count). The van der Waals surface area contributed by atoms with Crippen molar-refractivity contribution in [1.82, 2.24) is 24.8 Å². The van der Waals surface area contributed by atoms with E-state index >= 15 is 0 Å².